The number of benzene rings is 1. The third kappa shape index (κ3) is 3.71. The van der Waals surface area contributed by atoms with Crippen LogP contribution < -0.4 is 11.1 Å². The van der Waals surface area contributed by atoms with Gasteiger partial charge in [0.15, 0.2) is 0 Å². The molecule has 2 rings (SSSR count). The Balaban J connectivity index is 2.39. The third-order valence-electron chi connectivity index (χ3n) is 2.84. The zero-order valence-electron chi connectivity index (χ0n) is 13.0. The van der Waals surface area contributed by atoms with Crippen LogP contribution in [-0.4, -0.2) is 21.5 Å². The van der Waals surface area contributed by atoms with E-state index >= 15 is 0 Å². The maximum Gasteiger partial charge on any atom is 0.412 e. The number of nitrogens with zero attached hydrogens (tertiary/aromatic N) is 2. The summed E-state index contributed by atoms with van der Waals surface area (Å²) in [6.07, 6.45) is 0.998. The molecule has 0 saturated carbocycles. The minimum absolute atomic E-state index is 0.496. The first-order valence-electron chi connectivity index (χ1n) is 6.75. The average Bonchev–Trinajstić information content (AvgIpc) is 2.68. The SMILES string of the molecule is Cn1ncc(N)c1-c1ccc(Cl)cc1NC(=O)OC(C)(C)C. The van der Waals surface area contributed by atoms with E-state index in [9.17, 15) is 4.79 Å². The fourth-order valence-corrected chi connectivity index (χ4v) is 2.20. The highest BCUT2D eigenvalue weighted by molar-refractivity contribution is 6.31. The summed E-state index contributed by atoms with van der Waals surface area (Å²) >= 11 is 6.03. The number of carbonyl (C=O) groups is 1. The van der Waals surface area contributed by atoms with Crippen LogP contribution >= 0.6 is 11.6 Å². The maximum atomic E-state index is 12.0. The molecule has 1 amide bonds. The first kappa shape index (κ1) is 16.2. The summed E-state index contributed by atoms with van der Waals surface area (Å²) in [5.74, 6) is 0. The second-order valence-electron chi connectivity index (χ2n) is 5.89. The van der Waals surface area contributed by atoms with Gasteiger partial charge >= 0.3 is 6.09 Å². The summed E-state index contributed by atoms with van der Waals surface area (Å²) in [7, 11) is 1.78. The van der Waals surface area contributed by atoms with Gasteiger partial charge in [-0.1, -0.05) is 11.6 Å². The van der Waals surface area contributed by atoms with E-state index in [1.807, 2.05) is 0 Å². The van der Waals surface area contributed by atoms with E-state index in [0.29, 0.717) is 27.7 Å². The molecule has 0 aliphatic heterocycles. The van der Waals surface area contributed by atoms with Crippen molar-refractivity contribution in [2.75, 3.05) is 11.1 Å². The molecule has 0 bridgehead atoms. The largest absolute Gasteiger partial charge is 0.444 e. The summed E-state index contributed by atoms with van der Waals surface area (Å²) < 4.78 is 6.91. The number of ether oxygens (including phenoxy) is 1. The summed E-state index contributed by atoms with van der Waals surface area (Å²) in [5, 5.41) is 7.31. The zero-order valence-corrected chi connectivity index (χ0v) is 13.7. The van der Waals surface area contributed by atoms with Crippen LogP contribution in [-0.2, 0) is 11.8 Å². The van der Waals surface area contributed by atoms with E-state index in [2.05, 4.69) is 10.4 Å². The van der Waals surface area contributed by atoms with Gasteiger partial charge in [0.2, 0.25) is 0 Å². The van der Waals surface area contributed by atoms with Crippen LogP contribution in [0.3, 0.4) is 0 Å². The van der Waals surface area contributed by atoms with Crippen molar-refractivity contribution in [3.8, 4) is 11.3 Å². The van der Waals surface area contributed by atoms with Gasteiger partial charge in [-0.05, 0) is 39.0 Å². The molecule has 0 saturated heterocycles. The molecule has 1 aromatic heterocycles. The number of aryl methyl sites for hydroxylation is 1. The molecule has 22 heavy (non-hydrogen) atoms. The van der Waals surface area contributed by atoms with Gasteiger partial charge in [0.25, 0.3) is 0 Å². The van der Waals surface area contributed by atoms with E-state index in [4.69, 9.17) is 22.1 Å². The fourth-order valence-electron chi connectivity index (χ4n) is 2.02. The van der Waals surface area contributed by atoms with Crippen LogP contribution in [0.4, 0.5) is 16.2 Å². The number of halogens is 1. The number of hydrogen-bond donors (Lipinski definition) is 2. The first-order valence-corrected chi connectivity index (χ1v) is 7.12. The highest BCUT2D eigenvalue weighted by atomic mass is 35.5. The Morgan fingerprint density at radius 2 is 2.09 bits per heavy atom. The van der Waals surface area contributed by atoms with Crippen molar-refractivity contribution >= 4 is 29.1 Å². The standard InChI is InChI=1S/C15H19ClN4O2/c1-15(2,3)22-14(21)19-12-7-9(16)5-6-10(12)13-11(17)8-18-20(13)4/h5-8H,17H2,1-4H3,(H,19,21). The van der Waals surface area contributed by atoms with Gasteiger partial charge in [-0.3, -0.25) is 10.00 Å². The fraction of sp³-hybridized carbons (Fsp3) is 0.333. The van der Waals surface area contributed by atoms with E-state index in [-0.39, 0.29) is 0 Å². The van der Waals surface area contributed by atoms with Crippen LogP contribution in [0.2, 0.25) is 5.02 Å². The Hall–Kier alpha value is -2.21. The minimum Gasteiger partial charge on any atom is -0.444 e. The van der Waals surface area contributed by atoms with Crippen LogP contribution in [0.15, 0.2) is 24.4 Å². The lowest BCUT2D eigenvalue weighted by atomic mass is 10.1. The number of nitrogen functional groups attached to an aromatic ring is 1. The maximum absolute atomic E-state index is 12.0. The van der Waals surface area contributed by atoms with Gasteiger partial charge in [0.05, 0.1) is 23.3 Å². The molecule has 0 radical (unpaired) electrons. The summed E-state index contributed by atoms with van der Waals surface area (Å²) in [4.78, 5) is 12.0. The Morgan fingerprint density at radius 3 is 2.64 bits per heavy atom. The Kier molecular flexibility index (Phi) is 4.32. The van der Waals surface area contributed by atoms with E-state index in [1.54, 1.807) is 56.9 Å². The zero-order chi connectivity index (χ0) is 16.5. The van der Waals surface area contributed by atoms with Crippen molar-refractivity contribution in [3.05, 3.63) is 29.4 Å². The van der Waals surface area contributed by atoms with Crippen molar-refractivity contribution in [2.45, 2.75) is 26.4 Å². The van der Waals surface area contributed by atoms with Crippen molar-refractivity contribution in [1.29, 1.82) is 0 Å². The van der Waals surface area contributed by atoms with E-state index < -0.39 is 11.7 Å². The number of aromatic nitrogens is 2. The van der Waals surface area contributed by atoms with Gasteiger partial charge in [0.1, 0.15) is 5.60 Å². The molecule has 0 unspecified atom stereocenters. The van der Waals surface area contributed by atoms with E-state index in [1.165, 1.54) is 0 Å². The predicted molar refractivity (Wildman–Crippen MR) is 87.9 cm³/mol. The topological polar surface area (TPSA) is 82.2 Å². The Bertz CT molecular complexity index is 685. The van der Waals surface area contributed by atoms with Gasteiger partial charge in [0, 0.05) is 17.6 Å². The average molecular weight is 323 g/mol. The van der Waals surface area contributed by atoms with Gasteiger partial charge in [-0.15, -0.1) is 0 Å². The monoisotopic (exact) mass is 322 g/mol. The minimum atomic E-state index is -0.589. The van der Waals surface area contributed by atoms with Gasteiger partial charge in [-0.25, -0.2) is 4.79 Å². The molecule has 0 aliphatic rings. The number of amides is 1. The molecule has 0 aliphatic carbocycles. The number of hydrogen-bond acceptors (Lipinski definition) is 4. The first-order chi connectivity index (χ1) is 10.2. The molecular formula is C15H19ClN4O2. The van der Waals surface area contributed by atoms with Crippen molar-refractivity contribution in [3.63, 3.8) is 0 Å². The number of nitrogens with one attached hydrogen (secondary N) is 1. The third-order valence-corrected chi connectivity index (χ3v) is 3.07. The molecule has 0 atom stereocenters. The van der Waals surface area contributed by atoms with Gasteiger partial charge < -0.3 is 10.5 Å². The number of rotatable bonds is 2. The van der Waals surface area contributed by atoms with Crippen LogP contribution in [0.5, 0.6) is 0 Å². The lowest BCUT2D eigenvalue weighted by molar-refractivity contribution is 0.0636. The summed E-state index contributed by atoms with van der Waals surface area (Å²) in [6, 6.07) is 5.15. The molecule has 0 spiro atoms. The van der Waals surface area contributed by atoms with Crippen LogP contribution in [0.1, 0.15) is 20.8 Å². The van der Waals surface area contributed by atoms with Crippen molar-refractivity contribution < 1.29 is 9.53 Å². The highest BCUT2D eigenvalue weighted by Gasteiger charge is 2.19. The molecule has 3 N–H and O–H groups in total. The molecule has 1 heterocycles. The normalized spacial score (nSPS) is 11.3. The Morgan fingerprint density at radius 1 is 1.41 bits per heavy atom. The van der Waals surface area contributed by atoms with Crippen LogP contribution in [0, 0.1) is 0 Å². The number of nitrogens with two attached hydrogens (primary N) is 1. The molecule has 6 nitrogen and oxygen atoms in total. The van der Waals surface area contributed by atoms with Crippen molar-refractivity contribution in [2.24, 2.45) is 7.05 Å². The van der Waals surface area contributed by atoms with Crippen molar-refractivity contribution in [1.82, 2.24) is 9.78 Å². The quantitative estimate of drug-likeness (QED) is 0.883. The predicted octanol–water partition coefficient (Wildman–Crippen LogP) is 3.67. The number of carbonyl (C=O) groups excluding carboxylic acids is 1. The Labute approximate surface area is 134 Å². The molecular weight excluding hydrogens is 304 g/mol. The lowest BCUT2D eigenvalue weighted by Gasteiger charge is -2.20. The molecule has 0 fully saturated rings. The van der Waals surface area contributed by atoms with Crippen LogP contribution in [0.25, 0.3) is 11.3 Å². The molecule has 1 aromatic carbocycles. The molecule has 2 aromatic rings. The van der Waals surface area contributed by atoms with E-state index in [0.717, 1.165) is 0 Å². The highest BCUT2D eigenvalue weighted by Crippen LogP contribution is 2.34. The summed E-state index contributed by atoms with van der Waals surface area (Å²) in [6.45, 7) is 5.39. The van der Waals surface area contributed by atoms with Gasteiger partial charge in [-0.2, -0.15) is 5.10 Å². The lowest BCUT2D eigenvalue weighted by Crippen LogP contribution is -2.27. The summed E-state index contributed by atoms with van der Waals surface area (Å²) in [5.41, 5.74) is 7.80. The second-order valence-corrected chi connectivity index (χ2v) is 6.33. The second kappa shape index (κ2) is 5.88. The number of anilines is 2. The smallest absolute Gasteiger partial charge is 0.412 e. The molecule has 118 valence electrons. The molecule has 7 heteroatoms.